The quantitative estimate of drug-likeness (QED) is 0.405. The Hall–Kier alpha value is -0.560. The van der Waals surface area contributed by atoms with Gasteiger partial charge in [0.1, 0.15) is 0 Å². The first-order valence-corrected chi connectivity index (χ1v) is 3.10. The SMILES string of the molecule is C=CCCOCC(=C)C. The molecule has 0 spiro atoms. The lowest BCUT2D eigenvalue weighted by molar-refractivity contribution is 0.161. The summed E-state index contributed by atoms with van der Waals surface area (Å²) in [5, 5.41) is 0. The molecule has 0 aliphatic carbocycles. The maximum absolute atomic E-state index is 5.16. The molecule has 0 saturated carbocycles. The maximum atomic E-state index is 5.16. The summed E-state index contributed by atoms with van der Waals surface area (Å²) in [5.41, 5.74) is 1.07. The highest BCUT2D eigenvalue weighted by molar-refractivity contribution is 4.87. The molecule has 0 heterocycles. The molecule has 0 rings (SSSR count). The van der Waals surface area contributed by atoms with Crippen molar-refractivity contribution in [3.63, 3.8) is 0 Å². The predicted molar refractivity (Wildman–Crippen MR) is 40.4 cm³/mol. The van der Waals surface area contributed by atoms with Crippen LogP contribution in [0.15, 0.2) is 24.8 Å². The Morgan fingerprint density at radius 1 is 1.67 bits per heavy atom. The molecule has 0 radical (unpaired) electrons. The van der Waals surface area contributed by atoms with Gasteiger partial charge < -0.3 is 4.74 Å². The van der Waals surface area contributed by atoms with Crippen LogP contribution in [0.3, 0.4) is 0 Å². The van der Waals surface area contributed by atoms with Crippen LogP contribution in [-0.4, -0.2) is 13.2 Å². The first-order chi connectivity index (χ1) is 4.27. The van der Waals surface area contributed by atoms with Crippen LogP contribution in [0.25, 0.3) is 0 Å². The summed E-state index contributed by atoms with van der Waals surface area (Å²) in [6.45, 7) is 10.7. The molecule has 0 fully saturated rings. The fraction of sp³-hybridized carbons (Fsp3) is 0.500. The number of hydrogen-bond acceptors (Lipinski definition) is 1. The summed E-state index contributed by atoms with van der Waals surface area (Å²) < 4.78 is 5.16. The molecule has 0 amide bonds. The minimum absolute atomic E-state index is 0.674. The minimum atomic E-state index is 0.674. The smallest absolute Gasteiger partial charge is 0.0671 e. The van der Waals surface area contributed by atoms with E-state index in [4.69, 9.17) is 4.74 Å². The zero-order chi connectivity index (χ0) is 7.11. The highest BCUT2D eigenvalue weighted by Gasteiger charge is 1.83. The Morgan fingerprint density at radius 3 is 2.78 bits per heavy atom. The Balaban J connectivity index is 2.91. The molecule has 0 aliphatic rings. The van der Waals surface area contributed by atoms with Crippen LogP contribution >= 0.6 is 0 Å². The van der Waals surface area contributed by atoms with E-state index in [-0.39, 0.29) is 0 Å². The summed E-state index contributed by atoms with van der Waals surface area (Å²) in [7, 11) is 0. The Bertz CT molecular complexity index is 94.7. The highest BCUT2D eigenvalue weighted by Crippen LogP contribution is 1.89. The van der Waals surface area contributed by atoms with Crippen molar-refractivity contribution in [2.75, 3.05) is 13.2 Å². The number of ether oxygens (including phenoxy) is 1. The summed E-state index contributed by atoms with van der Waals surface area (Å²) in [6, 6.07) is 0. The molecule has 0 unspecified atom stereocenters. The van der Waals surface area contributed by atoms with Crippen LogP contribution in [0.5, 0.6) is 0 Å². The summed E-state index contributed by atoms with van der Waals surface area (Å²) in [6.07, 6.45) is 2.77. The number of rotatable bonds is 5. The summed E-state index contributed by atoms with van der Waals surface area (Å²) >= 11 is 0. The Kier molecular flexibility index (Phi) is 5.23. The molecule has 0 aromatic carbocycles. The van der Waals surface area contributed by atoms with Gasteiger partial charge in [-0.2, -0.15) is 0 Å². The third kappa shape index (κ3) is 7.44. The zero-order valence-corrected chi connectivity index (χ0v) is 6.02. The topological polar surface area (TPSA) is 9.23 Å². The van der Waals surface area contributed by atoms with Crippen molar-refractivity contribution in [2.45, 2.75) is 13.3 Å². The van der Waals surface area contributed by atoms with Crippen molar-refractivity contribution in [1.82, 2.24) is 0 Å². The van der Waals surface area contributed by atoms with Crippen molar-refractivity contribution >= 4 is 0 Å². The van der Waals surface area contributed by atoms with Crippen LogP contribution in [0.2, 0.25) is 0 Å². The van der Waals surface area contributed by atoms with E-state index in [1.165, 1.54) is 0 Å². The molecule has 0 aliphatic heterocycles. The molecule has 1 heteroatoms. The maximum Gasteiger partial charge on any atom is 0.0671 e. The van der Waals surface area contributed by atoms with Crippen molar-refractivity contribution in [2.24, 2.45) is 0 Å². The highest BCUT2D eigenvalue weighted by atomic mass is 16.5. The van der Waals surface area contributed by atoms with Gasteiger partial charge in [0.25, 0.3) is 0 Å². The minimum Gasteiger partial charge on any atom is -0.377 e. The van der Waals surface area contributed by atoms with Gasteiger partial charge in [-0.25, -0.2) is 0 Å². The molecule has 0 N–H and O–H groups in total. The second-order valence-corrected chi connectivity index (χ2v) is 2.09. The van der Waals surface area contributed by atoms with Gasteiger partial charge in [-0.15, -0.1) is 6.58 Å². The molecule has 52 valence electrons. The molecule has 0 bridgehead atoms. The van der Waals surface area contributed by atoms with E-state index in [9.17, 15) is 0 Å². The van der Waals surface area contributed by atoms with E-state index in [0.717, 1.165) is 18.6 Å². The zero-order valence-electron chi connectivity index (χ0n) is 6.02. The van der Waals surface area contributed by atoms with E-state index >= 15 is 0 Å². The van der Waals surface area contributed by atoms with Gasteiger partial charge in [0, 0.05) is 0 Å². The van der Waals surface area contributed by atoms with Gasteiger partial charge >= 0.3 is 0 Å². The molecule has 0 atom stereocenters. The van der Waals surface area contributed by atoms with E-state index in [0.29, 0.717) is 6.61 Å². The lowest BCUT2D eigenvalue weighted by Crippen LogP contribution is -1.95. The lowest BCUT2D eigenvalue weighted by Gasteiger charge is -1.99. The first kappa shape index (κ1) is 8.44. The van der Waals surface area contributed by atoms with Gasteiger partial charge in [-0.1, -0.05) is 18.2 Å². The second kappa shape index (κ2) is 5.57. The van der Waals surface area contributed by atoms with Gasteiger partial charge in [0.15, 0.2) is 0 Å². The third-order valence-electron chi connectivity index (χ3n) is 0.815. The fourth-order valence-corrected chi connectivity index (χ4v) is 0.413. The molecule has 0 saturated heterocycles. The third-order valence-corrected chi connectivity index (χ3v) is 0.815. The van der Waals surface area contributed by atoms with Gasteiger partial charge in [0.05, 0.1) is 13.2 Å². The van der Waals surface area contributed by atoms with Crippen LogP contribution in [-0.2, 0) is 4.74 Å². The predicted octanol–water partition coefficient (Wildman–Crippen LogP) is 2.16. The lowest BCUT2D eigenvalue weighted by atomic mass is 10.4. The van der Waals surface area contributed by atoms with Crippen molar-refractivity contribution in [1.29, 1.82) is 0 Å². The van der Waals surface area contributed by atoms with E-state index in [2.05, 4.69) is 13.2 Å². The van der Waals surface area contributed by atoms with Gasteiger partial charge in [-0.05, 0) is 13.3 Å². The van der Waals surface area contributed by atoms with E-state index in [1.807, 2.05) is 13.0 Å². The molecular formula is C8H14O. The van der Waals surface area contributed by atoms with Crippen molar-refractivity contribution in [3.05, 3.63) is 24.8 Å². The van der Waals surface area contributed by atoms with Crippen LogP contribution in [0.1, 0.15) is 13.3 Å². The van der Waals surface area contributed by atoms with Crippen molar-refractivity contribution in [3.8, 4) is 0 Å². The summed E-state index contributed by atoms with van der Waals surface area (Å²) in [4.78, 5) is 0. The monoisotopic (exact) mass is 126 g/mol. The molecule has 0 aromatic rings. The number of hydrogen-bond donors (Lipinski definition) is 0. The molecule has 1 nitrogen and oxygen atoms in total. The van der Waals surface area contributed by atoms with Gasteiger partial charge in [0.2, 0.25) is 0 Å². The van der Waals surface area contributed by atoms with Crippen LogP contribution in [0.4, 0.5) is 0 Å². The standard InChI is InChI=1S/C8H14O/c1-4-5-6-9-7-8(2)3/h4H,1-2,5-7H2,3H3. The normalized spacial score (nSPS) is 9.00. The first-order valence-electron chi connectivity index (χ1n) is 3.10. The van der Waals surface area contributed by atoms with Gasteiger partial charge in [-0.3, -0.25) is 0 Å². The Labute approximate surface area is 57.0 Å². The largest absolute Gasteiger partial charge is 0.377 e. The second-order valence-electron chi connectivity index (χ2n) is 2.09. The molecular weight excluding hydrogens is 112 g/mol. The van der Waals surface area contributed by atoms with E-state index in [1.54, 1.807) is 0 Å². The molecule has 9 heavy (non-hydrogen) atoms. The Morgan fingerprint density at radius 2 is 2.33 bits per heavy atom. The average Bonchev–Trinajstić information content (AvgIpc) is 1.80. The van der Waals surface area contributed by atoms with Crippen LogP contribution in [0, 0.1) is 0 Å². The van der Waals surface area contributed by atoms with Crippen LogP contribution < -0.4 is 0 Å². The fourth-order valence-electron chi connectivity index (χ4n) is 0.413. The molecule has 0 aromatic heterocycles. The van der Waals surface area contributed by atoms with Crippen molar-refractivity contribution < 1.29 is 4.74 Å². The van der Waals surface area contributed by atoms with E-state index < -0.39 is 0 Å². The summed E-state index contributed by atoms with van der Waals surface area (Å²) in [5.74, 6) is 0. The average molecular weight is 126 g/mol.